The number of alkyl halides is 3. The molecule has 1 aromatic carbocycles. The number of amides is 2. The highest BCUT2D eigenvalue weighted by Gasteiger charge is 2.61. The van der Waals surface area contributed by atoms with E-state index in [4.69, 9.17) is 9.47 Å². The Morgan fingerprint density at radius 3 is 2.41 bits per heavy atom. The summed E-state index contributed by atoms with van der Waals surface area (Å²) in [6.07, 6.45) is -0.0342. The summed E-state index contributed by atoms with van der Waals surface area (Å²) in [7, 11) is 0. The van der Waals surface area contributed by atoms with Crippen molar-refractivity contribution in [3.8, 4) is 0 Å². The van der Waals surface area contributed by atoms with Crippen LogP contribution in [0.1, 0.15) is 51.0 Å². The third kappa shape index (κ3) is 5.28. The lowest BCUT2D eigenvalue weighted by atomic mass is 9.47. The zero-order chi connectivity index (χ0) is 26.4. The standard InChI is InChI=1S/C26H32F3N3O5/c1-16(33)31-25-12-17-8-18(13-25)11-24(10-17,15-25)23(35)37-14-22(34)30-20-9-19(26(27,28)29)2-3-21(20)32-4-6-36-7-5-32/h2-3,9,17-18H,4-8,10-15H2,1H3,(H,30,34)(H,31,33). The normalized spacial score (nSPS) is 30.6. The summed E-state index contributed by atoms with van der Waals surface area (Å²) in [5.74, 6) is -0.666. The maximum absolute atomic E-state index is 13.4. The van der Waals surface area contributed by atoms with Crippen molar-refractivity contribution < 1.29 is 37.0 Å². The molecule has 2 atom stereocenters. The van der Waals surface area contributed by atoms with Crippen LogP contribution in [0.15, 0.2) is 18.2 Å². The smallest absolute Gasteiger partial charge is 0.416 e. The molecule has 5 fully saturated rings. The first-order valence-corrected chi connectivity index (χ1v) is 12.8. The average molecular weight is 524 g/mol. The lowest BCUT2D eigenvalue weighted by molar-refractivity contribution is -0.176. The first kappa shape index (κ1) is 25.8. The van der Waals surface area contributed by atoms with E-state index in [2.05, 4.69) is 10.6 Å². The second kappa shape index (κ2) is 9.49. The van der Waals surface area contributed by atoms with Crippen LogP contribution in [0.5, 0.6) is 0 Å². The second-order valence-corrected chi connectivity index (χ2v) is 11.2. The fraction of sp³-hybridized carbons (Fsp3) is 0.654. The molecule has 2 unspecified atom stereocenters. The SMILES string of the molecule is CC(=O)NC12CC3CC(C1)CC(C(=O)OCC(=O)Nc1cc(C(F)(F)F)ccc1N1CCOCC1)(C3)C2. The van der Waals surface area contributed by atoms with E-state index in [0.717, 1.165) is 31.4 Å². The number of hydrogen-bond donors (Lipinski definition) is 2. The number of ether oxygens (including phenoxy) is 2. The minimum absolute atomic E-state index is 0.0113. The fourth-order valence-electron chi connectivity index (χ4n) is 7.38. The van der Waals surface area contributed by atoms with Gasteiger partial charge in [0.1, 0.15) is 0 Å². The van der Waals surface area contributed by atoms with Crippen molar-refractivity contribution in [3.63, 3.8) is 0 Å². The number of halogens is 3. The molecule has 37 heavy (non-hydrogen) atoms. The quantitative estimate of drug-likeness (QED) is 0.554. The molecule has 4 saturated carbocycles. The minimum atomic E-state index is -4.57. The molecular weight excluding hydrogens is 491 g/mol. The number of carbonyl (C=O) groups is 3. The molecule has 8 nitrogen and oxygen atoms in total. The van der Waals surface area contributed by atoms with E-state index in [0.29, 0.717) is 63.1 Å². The van der Waals surface area contributed by atoms with Crippen LogP contribution in [0.2, 0.25) is 0 Å². The molecule has 1 aliphatic heterocycles. The van der Waals surface area contributed by atoms with Crippen LogP contribution < -0.4 is 15.5 Å². The lowest BCUT2D eigenvalue weighted by Crippen LogP contribution is -2.64. The zero-order valence-corrected chi connectivity index (χ0v) is 20.8. The topological polar surface area (TPSA) is 97.0 Å². The van der Waals surface area contributed by atoms with Crippen LogP contribution in [-0.4, -0.2) is 56.2 Å². The van der Waals surface area contributed by atoms with E-state index in [-0.39, 0.29) is 11.6 Å². The Labute approximate surface area is 213 Å². The molecule has 2 N–H and O–H groups in total. The van der Waals surface area contributed by atoms with Gasteiger partial charge in [-0.05, 0) is 68.6 Å². The van der Waals surface area contributed by atoms with Crippen LogP contribution in [0.3, 0.4) is 0 Å². The molecule has 6 rings (SSSR count). The summed E-state index contributed by atoms with van der Waals surface area (Å²) < 4.78 is 50.9. The molecule has 0 spiro atoms. The van der Waals surface area contributed by atoms with E-state index in [9.17, 15) is 27.6 Å². The monoisotopic (exact) mass is 523 g/mol. The Morgan fingerprint density at radius 2 is 1.78 bits per heavy atom. The molecule has 4 aliphatic carbocycles. The minimum Gasteiger partial charge on any atom is -0.455 e. The molecular formula is C26H32F3N3O5. The summed E-state index contributed by atoms with van der Waals surface area (Å²) in [4.78, 5) is 39.8. The van der Waals surface area contributed by atoms with Gasteiger partial charge >= 0.3 is 12.1 Å². The van der Waals surface area contributed by atoms with Gasteiger partial charge in [-0.15, -0.1) is 0 Å². The van der Waals surface area contributed by atoms with Crippen molar-refractivity contribution in [3.05, 3.63) is 23.8 Å². The van der Waals surface area contributed by atoms with Crippen LogP contribution in [0, 0.1) is 17.3 Å². The predicted molar refractivity (Wildman–Crippen MR) is 128 cm³/mol. The Kier molecular flexibility index (Phi) is 6.62. The molecule has 4 bridgehead atoms. The van der Waals surface area contributed by atoms with Gasteiger partial charge in [0.2, 0.25) is 5.91 Å². The predicted octanol–water partition coefficient (Wildman–Crippen LogP) is 3.50. The van der Waals surface area contributed by atoms with Gasteiger partial charge < -0.3 is 25.0 Å². The maximum Gasteiger partial charge on any atom is 0.416 e. The van der Waals surface area contributed by atoms with Crippen molar-refractivity contribution in [1.82, 2.24) is 5.32 Å². The highest BCUT2D eigenvalue weighted by atomic mass is 19.4. The van der Waals surface area contributed by atoms with Crippen LogP contribution in [0.25, 0.3) is 0 Å². The average Bonchev–Trinajstić information content (AvgIpc) is 2.81. The number of nitrogens with one attached hydrogen (secondary N) is 2. The van der Waals surface area contributed by atoms with Crippen molar-refractivity contribution in [2.45, 2.75) is 57.2 Å². The van der Waals surface area contributed by atoms with Gasteiger partial charge in [-0.1, -0.05) is 0 Å². The molecule has 1 saturated heterocycles. The highest BCUT2D eigenvalue weighted by molar-refractivity contribution is 5.96. The number of carbonyl (C=O) groups excluding carboxylic acids is 3. The van der Waals surface area contributed by atoms with Crippen molar-refractivity contribution in [1.29, 1.82) is 0 Å². The second-order valence-electron chi connectivity index (χ2n) is 11.2. The molecule has 0 radical (unpaired) electrons. The van der Waals surface area contributed by atoms with Crippen molar-refractivity contribution >= 4 is 29.2 Å². The first-order valence-electron chi connectivity index (χ1n) is 12.8. The van der Waals surface area contributed by atoms with E-state index in [1.165, 1.54) is 13.0 Å². The van der Waals surface area contributed by atoms with E-state index in [1.807, 2.05) is 4.90 Å². The summed E-state index contributed by atoms with van der Waals surface area (Å²) in [5.41, 5.74) is -1.58. The zero-order valence-electron chi connectivity index (χ0n) is 20.8. The first-order chi connectivity index (χ1) is 17.5. The summed E-state index contributed by atoms with van der Waals surface area (Å²) in [5, 5.41) is 5.62. The fourth-order valence-corrected chi connectivity index (χ4v) is 7.38. The maximum atomic E-state index is 13.4. The summed E-state index contributed by atoms with van der Waals surface area (Å²) in [6.45, 7) is 2.69. The van der Waals surface area contributed by atoms with Crippen molar-refractivity contribution in [2.24, 2.45) is 17.3 Å². The number of hydrogen-bond acceptors (Lipinski definition) is 6. The molecule has 5 aliphatic rings. The molecule has 11 heteroatoms. The van der Waals surface area contributed by atoms with E-state index in [1.54, 1.807) is 0 Å². The number of rotatable bonds is 6. The number of nitrogens with zero attached hydrogens (tertiary/aromatic N) is 1. The molecule has 2 amide bonds. The Balaban J connectivity index is 1.28. The summed E-state index contributed by atoms with van der Waals surface area (Å²) in [6, 6.07) is 3.23. The molecule has 202 valence electrons. The number of anilines is 2. The highest BCUT2D eigenvalue weighted by Crippen LogP contribution is 2.62. The van der Waals surface area contributed by atoms with E-state index < -0.39 is 41.2 Å². The third-order valence-corrected chi connectivity index (χ3v) is 8.22. The number of morpholine rings is 1. The lowest BCUT2D eigenvalue weighted by Gasteiger charge is -2.60. The van der Waals surface area contributed by atoms with Crippen LogP contribution >= 0.6 is 0 Å². The Hall–Kier alpha value is -2.82. The molecule has 1 aromatic rings. The van der Waals surface area contributed by atoms with Gasteiger partial charge in [-0.25, -0.2) is 0 Å². The molecule has 1 heterocycles. The number of esters is 1. The van der Waals surface area contributed by atoms with Gasteiger partial charge in [-0.2, -0.15) is 13.2 Å². The van der Waals surface area contributed by atoms with E-state index >= 15 is 0 Å². The summed E-state index contributed by atoms with van der Waals surface area (Å²) >= 11 is 0. The van der Waals surface area contributed by atoms with Crippen LogP contribution in [0.4, 0.5) is 24.5 Å². The number of benzene rings is 1. The van der Waals surface area contributed by atoms with Crippen LogP contribution in [-0.2, 0) is 30.0 Å². The Morgan fingerprint density at radius 1 is 1.11 bits per heavy atom. The van der Waals surface area contributed by atoms with Gasteiger partial charge in [0, 0.05) is 25.6 Å². The van der Waals surface area contributed by atoms with Gasteiger partial charge in [-0.3, -0.25) is 14.4 Å². The van der Waals surface area contributed by atoms with Crippen molar-refractivity contribution in [2.75, 3.05) is 43.1 Å². The van der Waals surface area contributed by atoms with Gasteiger partial charge in [0.25, 0.3) is 5.91 Å². The molecule has 0 aromatic heterocycles. The Bertz CT molecular complexity index is 1070. The van der Waals surface area contributed by atoms with Gasteiger partial charge in [0.05, 0.1) is 35.6 Å². The third-order valence-electron chi connectivity index (χ3n) is 8.22. The largest absolute Gasteiger partial charge is 0.455 e. The van der Waals surface area contributed by atoms with Gasteiger partial charge in [0.15, 0.2) is 6.61 Å².